The number of aromatic hydroxyl groups is 1. The first-order valence-electron chi connectivity index (χ1n) is 10.2. The SMILES string of the molecule is CCCOC(=O)C1=C(C)Nc2nc(SCc3ccccc3Cl)nn2C1c1ccc(O)cc1. The van der Waals surface area contributed by atoms with Crippen LogP contribution in [0.25, 0.3) is 0 Å². The average Bonchev–Trinajstić information content (AvgIpc) is 3.19. The van der Waals surface area contributed by atoms with Gasteiger partial charge in [0.1, 0.15) is 11.8 Å². The molecule has 2 aromatic carbocycles. The maximum absolute atomic E-state index is 12.9. The molecule has 0 spiro atoms. The summed E-state index contributed by atoms with van der Waals surface area (Å²) in [4.78, 5) is 17.6. The van der Waals surface area contributed by atoms with Crippen LogP contribution in [0, 0.1) is 0 Å². The highest BCUT2D eigenvalue weighted by atomic mass is 35.5. The molecule has 32 heavy (non-hydrogen) atoms. The van der Waals surface area contributed by atoms with Gasteiger partial charge in [0.2, 0.25) is 11.1 Å². The number of esters is 1. The van der Waals surface area contributed by atoms with E-state index in [0.717, 1.165) is 17.5 Å². The zero-order valence-electron chi connectivity index (χ0n) is 17.7. The molecule has 9 heteroatoms. The number of anilines is 1. The van der Waals surface area contributed by atoms with E-state index < -0.39 is 12.0 Å². The second-order valence-electron chi connectivity index (χ2n) is 7.34. The number of hydrogen-bond donors (Lipinski definition) is 2. The van der Waals surface area contributed by atoms with E-state index in [4.69, 9.17) is 16.3 Å². The first kappa shape index (κ1) is 22.2. The molecule has 1 aromatic heterocycles. The molecule has 3 aromatic rings. The highest BCUT2D eigenvalue weighted by Crippen LogP contribution is 2.37. The third-order valence-corrected chi connectivity index (χ3v) is 6.27. The number of allylic oxidation sites excluding steroid dienone is 1. The number of nitrogens with one attached hydrogen (secondary N) is 1. The van der Waals surface area contributed by atoms with Crippen molar-refractivity contribution in [1.82, 2.24) is 14.8 Å². The van der Waals surface area contributed by atoms with E-state index in [2.05, 4.69) is 15.4 Å². The molecule has 1 atom stereocenters. The zero-order valence-corrected chi connectivity index (χ0v) is 19.3. The van der Waals surface area contributed by atoms with E-state index in [-0.39, 0.29) is 5.75 Å². The summed E-state index contributed by atoms with van der Waals surface area (Å²) in [6.07, 6.45) is 0.729. The van der Waals surface area contributed by atoms with E-state index in [9.17, 15) is 9.90 Å². The number of phenolic OH excluding ortho intramolecular Hbond substituents is 1. The van der Waals surface area contributed by atoms with Gasteiger partial charge in [0.25, 0.3) is 0 Å². The summed E-state index contributed by atoms with van der Waals surface area (Å²) in [5.74, 6) is 0.897. The van der Waals surface area contributed by atoms with Crippen LogP contribution in [0.2, 0.25) is 5.02 Å². The van der Waals surface area contributed by atoms with E-state index >= 15 is 0 Å². The van der Waals surface area contributed by atoms with Gasteiger partial charge in [-0.2, -0.15) is 4.98 Å². The quantitative estimate of drug-likeness (QED) is 0.363. The van der Waals surface area contributed by atoms with Crippen LogP contribution in [-0.2, 0) is 15.3 Å². The molecule has 2 N–H and O–H groups in total. The third-order valence-electron chi connectivity index (χ3n) is 5.01. The molecular weight excluding hydrogens is 448 g/mol. The minimum Gasteiger partial charge on any atom is -0.508 e. The predicted molar refractivity (Wildman–Crippen MR) is 125 cm³/mol. The van der Waals surface area contributed by atoms with E-state index in [0.29, 0.717) is 39.8 Å². The van der Waals surface area contributed by atoms with Crippen molar-refractivity contribution >= 4 is 35.3 Å². The van der Waals surface area contributed by atoms with Gasteiger partial charge in [-0.15, -0.1) is 5.10 Å². The number of hydrogen-bond acceptors (Lipinski definition) is 7. The fourth-order valence-corrected chi connectivity index (χ4v) is 4.57. The second-order valence-corrected chi connectivity index (χ2v) is 8.69. The van der Waals surface area contributed by atoms with Gasteiger partial charge in [0, 0.05) is 16.5 Å². The minimum atomic E-state index is -0.529. The van der Waals surface area contributed by atoms with Gasteiger partial charge in [0.05, 0.1) is 12.2 Å². The Hall–Kier alpha value is -2.97. The van der Waals surface area contributed by atoms with E-state index in [1.54, 1.807) is 28.9 Å². The normalized spacial score (nSPS) is 15.3. The van der Waals surface area contributed by atoms with Crippen LogP contribution in [0.15, 0.2) is 65.0 Å². The van der Waals surface area contributed by atoms with E-state index in [1.807, 2.05) is 38.1 Å². The molecule has 0 saturated carbocycles. The van der Waals surface area contributed by atoms with Crippen LogP contribution >= 0.6 is 23.4 Å². The van der Waals surface area contributed by atoms with Crippen molar-refractivity contribution in [2.75, 3.05) is 11.9 Å². The lowest BCUT2D eigenvalue weighted by molar-refractivity contribution is -0.139. The lowest BCUT2D eigenvalue weighted by atomic mass is 9.96. The van der Waals surface area contributed by atoms with Crippen molar-refractivity contribution in [3.63, 3.8) is 0 Å². The number of phenols is 1. The lowest BCUT2D eigenvalue weighted by Gasteiger charge is -2.28. The highest BCUT2D eigenvalue weighted by molar-refractivity contribution is 7.98. The molecule has 0 amide bonds. The molecule has 2 heterocycles. The molecule has 1 aliphatic heterocycles. The number of rotatable bonds is 7. The summed E-state index contributed by atoms with van der Waals surface area (Å²) >= 11 is 7.74. The number of thioether (sulfide) groups is 1. The Morgan fingerprint density at radius 2 is 2.00 bits per heavy atom. The smallest absolute Gasteiger partial charge is 0.338 e. The number of benzene rings is 2. The Morgan fingerprint density at radius 1 is 1.25 bits per heavy atom. The molecule has 0 fully saturated rings. The molecule has 0 aliphatic carbocycles. The number of carbonyl (C=O) groups excluding carboxylic acids is 1. The summed E-state index contributed by atoms with van der Waals surface area (Å²) in [7, 11) is 0. The maximum atomic E-state index is 12.9. The maximum Gasteiger partial charge on any atom is 0.338 e. The molecule has 4 rings (SSSR count). The van der Waals surface area contributed by atoms with E-state index in [1.165, 1.54) is 11.8 Å². The lowest BCUT2D eigenvalue weighted by Crippen LogP contribution is -2.29. The Morgan fingerprint density at radius 3 is 2.72 bits per heavy atom. The molecule has 1 unspecified atom stereocenters. The Bertz CT molecular complexity index is 1160. The van der Waals surface area contributed by atoms with Crippen molar-refractivity contribution in [2.45, 2.75) is 37.2 Å². The molecule has 166 valence electrons. The van der Waals surface area contributed by atoms with Crippen LogP contribution < -0.4 is 5.32 Å². The fraction of sp³-hybridized carbons (Fsp3) is 0.261. The molecule has 1 aliphatic rings. The summed E-state index contributed by atoms with van der Waals surface area (Å²) < 4.78 is 7.14. The van der Waals surface area contributed by atoms with Crippen molar-refractivity contribution in [1.29, 1.82) is 0 Å². The van der Waals surface area contributed by atoms with Crippen molar-refractivity contribution in [3.05, 3.63) is 76.0 Å². The molecule has 7 nitrogen and oxygen atoms in total. The van der Waals surface area contributed by atoms with Crippen LogP contribution in [0.1, 0.15) is 37.4 Å². The standard InChI is InChI=1S/C23H23ClN4O3S/c1-3-12-31-21(30)19-14(2)25-22-26-23(32-13-16-6-4-5-7-18(16)24)27-28(22)20(19)15-8-10-17(29)11-9-15/h4-11,20,29H,3,12-13H2,1-2H3,(H,25,26,27). The first-order valence-corrected chi connectivity index (χ1v) is 11.6. The largest absolute Gasteiger partial charge is 0.508 e. The average molecular weight is 471 g/mol. The van der Waals surface area contributed by atoms with Crippen LogP contribution in [0.4, 0.5) is 5.95 Å². The van der Waals surface area contributed by atoms with Gasteiger partial charge in [-0.3, -0.25) is 0 Å². The monoisotopic (exact) mass is 470 g/mol. The van der Waals surface area contributed by atoms with Crippen molar-refractivity contribution < 1.29 is 14.6 Å². The highest BCUT2D eigenvalue weighted by Gasteiger charge is 2.35. The minimum absolute atomic E-state index is 0.147. The molecule has 0 bridgehead atoms. The fourth-order valence-electron chi connectivity index (χ4n) is 3.45. The second kappa shape index (κ2) is 9.67. The zero-order chi connectivity index (χ0) is 22.7. The van der Waals surface area contributed by atoms with Crippen LogP contribution in [0.3, 0.4) is 0 Å². The van der Waals surface area contributed by atoms with Crippen LogP contribution in [-0.4, -0.2) is 32.4 Å². The van der Waals surface area contributed by atoms with Gasteiger partial charge < -0.3 is 15.2 Å². The van der Waals surface area contributed by atoms with Gasteiger partial charge >= 0.3 is 5.97 Å². The van der Waals surface area contributed by atoms with Crippen molar-refractivity contribution in [3.8, 4) is 5.75 Å². The topological polar surface area (TPSA) is 89.3 Å². The van der Waals surface area contributed by atoms with Crippen LogP contribution in [0.5, 0.6) is 5.75 Å². The number of fused-ring (bicyclic) bond motifs is 1. The summed E-state index contributed by atoms with van der Waals surface area (Å²) in [6.45, 7) is 4.11. The number of nitrogens with zero attached hydrogens (tertiary/aromatic N) is 3. The van der Waals surface area contributed by atoms with Gasteiger partial charge in [-0.1, -0.05) is 60.6 Å². The number of aromatic nitrogens is 3. The Kier molecular flexibility index (Phi) is 6.72. The Balaban J connectivity index is 1.68. The van der Waals surface area contributed by atoms with Gasteiger partial charge in [0.15, 0.2) is 0 Å². The van der Waals surface area contributed by atoms with Crippen molar-refractivity contribution in [2.24, 2.45) is 0 Å². The summed E-state index contributed by atoms with van der Waals surface area (Å²) in [5.41, 5.74) is 2.91. The number of carbonyl (C=O) groups is 1. The number of halogens is 1. The Labute approximate surface area is 195 Å². The molecule has 0 radical (unpaired) electrons. The third kappa shape index (κ3) is 4.61. The predicted octanol–water partition coefficient (Wildman–Crippen LogP) is 5.17. The molecular formula is C23H23ClN4O3S. The summed E-state index contributed by atoms with van der Waals surface area (Å²) in [6, 6.07) is 13.8. The van der Waals surface area contributed by atoms with Gasteiger partial charge in [-0.05, 0) is 42.7 Å². The molecule has 0 saturated heterocycles. The summed E-state index contributed by atoms with van der Waals surface area (Å²) in [5, 5.41) is 18.9. The number of ether oxygens (including phenoxy) is 1. The first-order chi connectivity index (χ1) is 15.5. The van der Waals surface area contributed by atoms with Gasteiger partial charge in [-0.25, -0.2) is 9.48 Å².